The van der Waals surface area contributed by atoms with E-state index in [2.05, 4.69) is 46.7 Å². The molecule has 4 nitrogen and oxygen atoms in total. The smallest absolute Gasteiger partial charge is 0.349 e. The van der Waals surface area contributed by atoms with Crippen LogP contribution in [0.3, 0.4) is 0 Å². The number of esters is 1. The molecular weight excluding hydrogens is 384 g/mol. The molecular formula is C27H26N2O2. The highest BCUT2D eigenvalue weighted by atomic mass is 16.5. The zero-order valence-electron chi connectivity index (χ0n) is 17.6. The van der Waals surface area contributed by atoms with Crippen molar-refractivity contribution in [3.05, 3.63) is 120 Å². The molecule has 0 spiro atoms. The van der Waals surface area contributed by atoms with Crippen LogP contribution < -0.4 is 5.32 Å². The predicted octanol–water partition coefficient (Wildman–Crippen LogP) is 4.86. The van der Waals surface area contributed by atoms with Crippen molar-refractivity contribution in [2.24, 2.45) is 4.99 Å². The van der Waals surface area contributed by atoms with Gasteiger partial charge in [-0.2, -0.15) is 0 Å². The van der Waals surface area contributed by atoms with Crippen LogP contribution in [0.2, 0.25) is 0 Å². The fraction of sp³-hybridized carbons (Fsp3) is 0.185. The number of ether oxygens (including phenoxy) is 1. The Hall–Kier alpha value is -3.50. The highest BCUT2D eigenvalue weighted by Gasteiger charge is 2.48. The van der Waals surface area contributed by atoms with E-state index >= 15 is 0 Å². The third kappa shape index (κ3) is 3.94. The van der Waals surface area contributed by atoms with Gasteiger partial charge in [-0.1, -0.05) is 97.1 Å². The number of allylic oxidation sites excluding steroid dienone is 1. The van der Waals surface area contributed by atoms with Crippen LogP contribution in [0.15, 0.2) is 108 Å². The van der Waals surface area contributed by atoms with Crippen LogP contribution in [-0.4, -0.2) is 24.5 Å². The summed E-state index contributed by atoms with van der Waals surface area (Å²) in [6.07, 6.45) is 5.87. The predicted molar refractivity (Wildman–Crippen MR) is 124 cm³/mol. The van der Waals surface area contributed by atoms with Gasteiger partial charge in [0, 0.05) is 12.6 Å². The number of nitrogens with one attached hydrogen (secondary N) is 1. The number of dihydropyridines is 1. The van der Waals surface area contributed by atoms with Gasteiger partial charge in [0.2, 0.25) is 5.66 Å². The average Bonchev–Trinajstić information content (AvgIpc) is 2.85. The van der Waals surface area contributed by atoms with Crippen molar-refractivity contribution < 1.29 is 9.53 Å². The third-order valence-electron chi connectivity index (χ3n) is 5.56. The van der Waals surface area contributed by atoms with Gasteiger partial charge in [0.25, 0.3) is 0 Å². The molecule has 3 aromatic rings. The minimum absolute atomic E-state index is 0.288. The van der Waals surface area contributed by atoms with Gasteiger partial charge in [-0.3, -0.25) is 10.3 Å². The summed E-state index contributed by atoms with van der Waals surface area (Å²) in [6, 6.07) is 30.5. The van der Waals surface area contributed by atoms with Crippen molar-refractivity contribution in [1.82, 2.24) is 5.32 Å². The Labute approximate surface area is 183 Å². The Kier molecular flexibility index (Phi) is 6.10. The molecule has 4 heteroatoms. The van der Waals surface area contributed by atoms with Gasteiger partial charge in [0.05, 0.1) is 12.1 Å². The molecule has 1 heterocycles. The van der Waals surface area contributed by atoms with Crippen LogP contribution in [-0.2, 0) is 15.1 Å². The number of rotatable bonds is 7. The zero-order chi connectivity index (χ0) is 21.6. The zero-order valence-corrected chi connectivity index (χ0v) is 17.6. The van der Waals surface area contributed by atoms with Crippen molar-refractivity contribution in [2.75, 3.05) is 6.61 Å². The average molecular weight is 411 g/mol. The maximum atomic E-state index is 13.3. The van der Waals surface area contributed by atoms with Gasteiger partial charge < -0.3 is 4.74 Å². The molecule has 3 aromatic carbocycles. The lowest BCUT2D eigenvalue weighted by atomic mass is 9.75. The minimum Gasteiger partial charge on any atom is -0.463 e. The van der Waals surface area contributed by atoms with Crippen molar-refractivity contribution in [1.29, 1.82) is 0 Å². The lowest BCUT2D eigenvalue weighted by Crippen LogP contribution is -2.61. The molecule has 31 heavy (non-hydrogen) atoms. The first-order valence-electron chi connectivity index (χ1n) is 10.5. The summed E-state index contributed by atoms with van der Waals surface area (Å²) >= 11 is 0. The Morgan fingerprint density at radius 3 is 1.77 bits per heavy atom. The number of hydrogen-bond donors (Lipinski definition) is 1. The highest BCUT2D eigenvalue weighted by Crippen LogP contribution is 2.40. The van der Waals surface area contributed by atoms with E-state index in [1.807, 2.05) is 73.7 Å². The summed E-state index contributed by atoms with van der Waals surface area (Å²) in [6.45, 7) is 2.10. The molecule has 1 atom stereocenters. The van der Waals surface area contributed by atoms with Gasteiger partial charge >= 0.3 is 5.97 Å². The van der Waals surface area contributed by atoms with Gasteiger partial charge in [0.1, 0.15) is 0 Å². The summed E-state index contributed by atoms with van der Waals surface area (Å²) in [5, 5.41) is 3.69. The first-order valence-corrected chi connectivity index (χ1v) is 10.5. The molecule has 0 saturated carbocycles. The number of hydrogen-bond acceptors (Lipinski definition) is 4. The van der Waals surface area contributed by atoms with Crippen LogP contribution >= 0.6 is 0 Å². The second-order valence-electron chi connectivity index (χ2n) is 7.46. The first-order chi connectivity index (χ1) is 15.2. The van der Waals surface area contributed by atoms with Gasteiger partial charge in [-0.15, -0.1) is 0 Å². The Morgan fingerprint density at radius 1 is 0.903 bits per heavy atom. The lowest BCUT2D eigenvalue weighted by molar-refractivity contribution is -0.151. The SMILES string of the molecule is CCOC(=O)C1(NC(c2ccccc2)(c2ccccc2)c2ccccc2)CC=CC=N1. The summed E-state index contributed by atoms with van der Waals surface area (Å²) < 4.78 is 5.49. The van der Waals surface area contributed by atoms with Crippen molar-refractivity contribution in [3.8, 4) is 0 Å². The number of nitrogens with zero attached hydrogens (tertiary/aromatic N) is 1. The Bertz CT molecular complexity index is 966. The second-order valence-corrected chi connectivity index (χ2v) is 7.46. The lowest BCUT2D eigenvalue weighted by Gasteiger charge is -2.43. The van der Waals surface area contributed by atoms with Gasteiger partial charge in [-0.25, -0.2) is 4.79 Å². The molecule has 0 saturated heterocycles. The number of carbonyl (C=O) groups excluding carboxylic acids is 1. The molecule has 0 aromatic heterocycles. The van der Waals surface area contributed by atoms with E-state index in [0.717, 1.165) is 16.7 Å². The molecule has 0 amide bonds. The summed E-state index contributed by atoms with van der Waals surface area (Å²) in [7, 11) is 0. The third-order valence-corrected chi connectivity index (χ3v) is 5.56. The van der Waals surface area contributed by atoms with Crippen molar-refractivity contribution in [3.63, 3.8) is 0 Å². The van der Waals surface area contributed by atoms with E-state index in [4.69, 9.17) is 4.74 Å². The number of aliphatic imine (C=N–C) groups is 1. The summed E-state index contributed by atoms with van der Waals surface area (Å²) in [5.41, 5.74) is 0.980. The minimum atomic E-state index is -1.24. The van der Waals surface area contributed by atoms with Crippen LogP contribution in [0.1, 0.15) is 30.0 Å². The van der Waals surface area contributed by atoms with E-state index in [1.54, 1.807) is 6.21 Å². The maximum absolute atomic E-state index is 13.3. The Morgan fingerprint density at radius 2 is 1.39 bits per heavy atom. The molecule has 0 aliphatic carbocycles. The molecule has 0 fully saturated rings. The topological polar surface area (TPSA) is 50.7 Å². The molecule has 1 N–H and O–H groups in total. The standard InChI is InChI=1S/C27H26N2O2/c1-2-31-25(30)26(20-12-13-21-28-26)29-27(22-14-6-3-7-15-22,23-16-8-4-9-17-23)24-18-10-5-11-19-24/h3-19,21,29H,2,20H2,1H3. The fourth-order valence-corrected chi connectivity index (χ4v) is 4.13. The molecule has 0 bridgehead atoms. The van der Waals surface area contributed by atoms with Gasteiger partial charge in [-0.05, 0) is 29.7 Å². The van der Waals surface area contributed by atoms with E-state index in [9.17, 15) is 4.79 Å². The van der Waals surface area contributed by atoms with Gasteiger partial charge in [0.15, 0.2) is 0 Å². The number of carbonyl (C=O) groups is 1. The molecule has 1 unspecified atom stereocenters. The first kappa shape index (κ1) is 20.8. The van der Waals surface area contributed by atoms with Crippen LogP contribution in [0, 0.1) is 0 Å². The fourth-order valence-electron chi connectivity index (χ4n) is 4.13. The quantitative estimate of drug-likeness (QED) is 0.447. The van der Waals surface area contributed by atoms with Crippen LogP contribution in [0.5, 0.6) is 0 Å². The highest BCUT2D eigenvalue weighted by molar-refractivity contribution is 5.86. The van der Waals surface area contributed by atoms with Crippen molar-refractivity contribution in [2.45, 2.75) is 24.5 Å². The van der Waals surface area contributed by atoms with E-state index in [-0.39, 0.29) is 12.6 Å². The van der Waals surface area contributed by atoms with E-state index in [1.165, 1.54) is 0 Å². The second kappa shape index (κ2) is 9.11. The van der Waals surface area contributed by atoms with E-state index < -0.39 is 11.2 Å². The van der Waals surface area contributed by atoms with E-state index in [0.29, 0.717) is 6.42 Å². The largest absolute Gasteiger partial charge is 0.463 e. The molecule has 1 aliphatic rings. The Balaban J connectivity index is 1.99. The summed E-state index contributed by atoms with van der Waals surface area (Å²) in [4.78, 5) is 17.9. The molecule has 1 aliphatic heterocycles. The normalized spacial score (nSPS) is 18.0. The van der Waals surface area contributed by atoms with Crippen LogP contribution in [0.4, 0.5) is 0 Å². The van der Waals surface area contributed by atoms with Crippen LogP contribution in [0.25, 0.3) is 0 Å². The molecule has 4 rings (SSSR count). The maximum Gasteiger partial charge on any atom is 0.349 e. The molecule has 0 radical (unpaired) electrons. The van der Waals surface area contributed by atoms with Crippen molar-refractivity contribution >= 4 is 12.2 Å². The molecule has 156 valence electrons. The number of benzene rings is 3. The monoisotopic (exact) mass is 410 g/mol. The summed E-state index contributed by atoms with van der Waals surface area (Å²) in [5.74, 6) is -0.386.